The summed E-state index contributed by atoms with van der Waals surface area (Å²) >= 11 is 0. The van der Waals surface area contributed by atoms with Gasteiger partial charge >= 0.3 is 5.97 Å². The van der Waals surface area contributed by atoms with E-state index in [1.54, 1.807) is 0 Å². The summed E-state index contributed by atoms with van der Waals surface area (Å²) in [5.41, 5.74) is 1.31. The van der Waals surface area contributed by atoms with E-state index in [1.807, 2.05) is 18.5 Å². The molecule has 0 aliphatic carbocycles. The Morgan fingerprint density at radius 1 is 1.48 bits per heavy atom. The molecule has 1 aromatic rings. The summed E-state index contributed by atoms with van der Waals surface area (Å²) in [6, 6.07) is 4.68. The molecule has 1 unspecified atom stereocenters. The van der Waals surface area contributed by atoms with Crippen LogP contribution in [0.1, 0.15) is 44.2 Å². The Labute approximate surface area is 126 Å². The van der Waals surface area contributed by atoms with Gasteiger partial charge in [0.2, 0.25) is 0 Å². The maximum absolute atomic E-state index is 10.6. The number of hydrogen-bond donors (Lipinski definition) is 1. The van der Waals surface area contributed by atoms with Gasteiger partial charge in [0, 0.05) is 37.7 Å². The summed E-state index contributed by atoms with van der Waals surface area (Å²) in [5, 5.41) is 0. The fraction of sp³-hybridized carbons (Fsp3) is 0.529. The summed E-state index contributed by atoms with van der Waals surface area (Å²) in [6.07, 6.45) is 8.16. The number of carbonyl (C=O) groups excluding carboxylic acids is 1. The van der Waals surface area contributed by atoms with E-state index in [9.17, 15) is 4.79 Å². The fourth-order valence-electron chi connectivity index (χ4n) is 2.79. The van der Waals surface area contributed by atoms with Crippen LogP contribution < -0.4 is 4.90 Å². The Bertz CT molecular complexity index is 505. The molecule has 2 rings (SSSR count). The molecule has 4 nitrogen and oxygen atoms in total. The lowest BCUT2D eigenvalue weighted by Crippen LogP contribution is -3.13. The number of esters is 1. The molecule has 0 radical (unpaired) electrons. The van der Waals surface area contributed by atoms with Crippen molar-refractivity contribution in [3.63, 3.8) is 0 Å². The normalized spacial score (nSPS) is 21.2. The summed E-state index contributed by atoms with van der Waals surface area (Å²) in [4.78, 5) is 16.4. The molecule has 2 heterocycles. The number of carbonyl (C=O) groups is 1. The van der Waals surface area contributed by atoms with Gasteiger partial charge in [-0.25, -0.2) is 0 Å². The number of aromatic nitrogens is 1. The molecular formula is C17H23N2O2+. The van der Waals surface area contributed by atoms with Gasteiger partial charge in [-0.15, -0.1) is 0 Å². The smallest absolute Gasteiger partial charge is 0.302 e. The van der Waals surface area contributed by atoms with Gasteiger partial charge in [-0.1, -0.05) is 12.0 Å². The van der Waals surface area contributed by atoms with Crippen LogP contribution >= 0.6 is 0 Å². The summed E-state index contributed by atoms with van der Waals surface area (Å²) in [5.74, 6) is 6.09. The molecular weight excluding hydrogens is 264 g/mol. The highest BCUT2D eigenvalue weighted by Gasteiger charge is 2.26. The van der Waals surface area contributed by atoms with E-state index in [0.717, 1.165) is 13.1 Å². The van der Waals surface area contributed by atoms with Crippen LogP contribution in [0.15, 0.2) is 24.5 Å². The minimum atomic E-state index is -0.241. The predicted molar refractivity (Wildman–Crippen MR) is 80.6 cm³/mol. The average molecular weight is 287 g/mol. The number of rotatable bonds is 4. The predicted octanol–water partition coefficient (Wildman–Crippen LogP) is 1.15. The van der Waals surface area contributed by atoms with Crippen molar-refractivity contribution in [3.8, 4) is 11.8 Å². The number of likely N-dealkylation sites (tertiary alicyclic amines) is 1. The lowest BCUT2D eigenvalue weighted by Gasteiger charge is -2.31. The van der Waals surface area contributed by atoms with Crippen molar-refractivity contribution >= 4 is 5.97 Å². The van der Waals surface area contributed by atoms with Crippen LogP contribution in [0, 0.1) is 11.8 Å². The zero-order valence-electron chi connectivity index (χ0n) is 12.6. The molecule has 4 heteroatoms. The monoisotopic (exact) mass is 287 g/mol. The molecule has 1 saturated heterocycles. The summed E-state index contributed by atoms with van der Waals surface area (Å²) in [7, 11) is 0. The first-order chi connectivity index (χ1) is 10.3. The van der Waals surface area contributed by atoms with Gasteiger partial charge in [0.25, 0.3) is 0 Å². The summed E-state index contributed by atoms with van der Waals surface area (Å²) in [6.45, 7) is 3.82. The van der Waals surface area contributed by atoms with Gasteiger partial charge in [0.05, 0.1) is 6.54 Å². The minimum absolute atomic E-state index is 0.241. The SMILES string of the molecule is CC(=O)OCCC#CC[NH+]1CCCC[C@@H]1c1cccnc1. The van der Waals surface area contributed by atoms with Gasteiger partial charge in [-0.05, 0) is 24.8 Å². The molecule has 0 aromatic carbocycles. The number of quaternary nitrogens is 1. The Morgan fingerprint density at radius 3 is 3.14 bits per heavy atom. The Morgan fingerprint density at radius 2 is 2.38 bits per heavy atom. The van der Waals surface area contributed by atoms with E-state index in [2.05, 4.69) is 22.9 Å². The van der Waals surface area contributed by atoms with Crippen molar-refractivity contribution in [1.29, 1.82) is 0 Å². The third-order valence-electron chi connectivity index (χ3n) is 3.79. The Kier molecular flexibility index (Phi) is 6.23. The largest absolute Gasteiger partial charge is 0.465 e. The van der Waals surface area contributed by atoms with E-state index in [0.29, 0.717) is 19.1 Å². The molecule has 2 atom stereocenters. The average Bonchev–Trinajstić information content (AvgIpc) is 2.52. The van der Waals surface area contributed by atoms with Crippen LogP contribution in [0.25, 0.3) is 0 Å². The Balaban J connectivity index is 1.85. The lowest BCUT2D eigenvalue weighted by atomic mass is 9.96. The second kappa shape index (κ2) is 8.43. The molecule has 1 aliphatic heterocycles. The van der Waals surface area contributed by atoms with Crippen molar-refractivity contribution in [2.24, 2.45) is 0 Å². The molecule has 0 spiro atoms. The molecule has 0 amide bonds. The van der Waals surface area contributed by atoms with Crippen LogP contribution in [0.3, 0.4) is 0 Å². The first kappa shape index (κ1) is 15.5. The number of nitrogens with one attached hydrogen (secondary N) is 1. The first-order valence-corrected chi connectivity index (χ1v) is 7.61. The van der Waals surface area contributed by atoms with E-state index in [1.165, 1.54) is 36.6 Å². The third-order valence-corrected chi connectivity index (χ3v) is 3.79. The second-order valence-corrected chi connectivity index (χ2v) is 5.36. The van der Waals surface area contributed by atoms with Gasteiger partial charge in [-0.2, -0.15) is 0 Å². The fourth-order valence-corrected chi connectivity index (χ4v) is 2.79. The van der Waals surface area contributed by atoms with E-state index >= 15 is 0 Å². The number of ether oxygens (including phenoxy) is 1. The molecule has 1 aliphatic rings. The lowest BCUT2D eigenvalue weighted by molar-refractivity contribution is -0.930. The number of piperidine rings is 1. The maximum atomic E-state index is 10.6. The van der Waals surface area contributed by atoms with Crippen LogP contribution in [0.2, 0.25) is 0 Å². The number of nitrogens with zero attached hydrogens (tertiary/aromatic N) is 1. The van der Waals surface area contributed by atoms with Gasteiger partial charge in [-0.3, -0.25) is 9.78 Å². The first-order valence-electron chi connectivity index (χ1n) is 7.61. The third kappa shape index (κ3) is 5.20. The Hall–Kier alpha value is -1.86. The van der Waals surface area contributed by atoms with Crippen molar-refractivity contribution in [2.75, 3.05) is 19.7 Å². The molecule has 21 heavy (non-hydrogen) atoms. The van der Waals surface area contributed by atoms with Crippen LogP contribution in [-0.4, -0.2) is 30.6 Å². The van der Waals surface area contributed by atoms with Crippen LogP contribution in [0.4, 0.5) is 0 Å². The highest BCUT2D eigenvalue weighted by atomic mass is 16.5. The highest BCUT2D eigenvalue weighted by Crippen LogP contribution is 2.17. The molecule has 0 bridgehead atoms. The molecule has 1 aromatic heterocycles. The topological polar surface area (TPSA) is 43.6 Å². The highest BCUT2D eigenvalue weighted by molar-refractivity contribution is 5.65. The zero-order valence-corrected chi connectivity index (χ0v) is 12.6. The maximum Gasteiger partial charge on any atom is 0.302 e. The quantitative estimate of drug-likeness (QED) is 0.513. The standard InChI is InChI=1S/C17H22N2O2/c1-15(20)21-13-6-2-4-11-19-12-5-3-9-17(19)16-8-7-10-18-14-16/h7-8,10,14,17H,3,5-6,9,11-13H2,1H3/p+1/t17-/m1/s1. The van der Waals surface area contributed by atoms with Crippen molar-refractivity contribution in [2.45, 2.75) is 38.6 Å². The van der Waals surface area contributed by atoms with Crippen molar-refractivity contribution in [3.05, 3.63) is 30.1 Å². The molecule has 112 valence electrons. The van der Waals surface area contributed by atoms with Crippen LogP contribution in [0.5, 0.6) is 0 Å². The van der Waals surface area contributed by atoms with E-state index in [4.69, 9.17) is 4.74 Å². The number of hydrogen-bond acceptors (Lipinski definition) is 3. The molecule has 1 fully saturated rings. The molecule has 1 N–H and O–H groups in total. The van der Waals surface area contributed by atoms with Gasteiger partial charge in [0.1, 0.15) is 19.2 Å². The zero-order chi connectivity index (χ0) is 14.9. The minimum Gasteiger partial charge on any atom is -0.465 e. The van der Waals surface area contributed by atoms with Crippen molar-refractivity contribution in [1.82, 2.24) is 4.98 Å². The number of pyridine rings is 1. The van der Waals surface area contributed by atoms with Gasteiger partial charge in [0.15, 0.2) is 0 Å². The van der Waals surface area contributed by atoms with E-state index in [-0.39, 0.29) is 5.97 Å². The summed E-state index contributed by atoms with van der Waals surface area (Å²) < 4.78 is 4.87. The second-order valence-electron chi connectivity index (χ2n) is 5.36. The van der Waals surface area contributed by atoms with Crippen LogP contribution in [-0.2, 0) is 9.53 Å². The van der Waals surface area contributed by atoms with E-state index < -0.39 is 0 Å². The van der Waals surface area contributed by atoms with Crippen molar-refractivity contribution < 1.29 is 14.4 Å². The van der Waals surface area contributed by atoms with Gasteiger partial charge < -0.3 is 9.64 Å². The molecule has 0 saturated carbocycles.